The predicted octanol–water partition coefficient (Wildman–Crippen LogP) is 1.86. The normalized spacial score (nSPS) is 12.0. The molecular weight excluding hydrogens is 266 g/mol. The maximum Gasteiger partial charge on any atom is 0.253 e. The maximum atomic E-state index is 12.0. The first-order valence-electron chi connectivity index (χ1n) is 7.27. The Balaban J connectivity index is 2.89. The lowest BCUT2D eigenvalue weighted by Gasteiger charge is -2.21. The van der Waals surface area contributed by atoms with Crippen molar-refractivity contribution in [1.29, 1.82) is 0 Å². The zero-order valence-electron chi connectivity index (χ0n) is 13.5. The van der Waals surface area contributed by atoms with Gasteiger partial charge in [0.25, 0.3) is 5.91 Å². The van der Waals surface area contributed by atoms with Crippen molar-refractivity contribution in [2.45, 2.75) is 25.8 Å². The molecule has 5 nitrogen and oxygen atoms in total. The molecule has 0 saturated carbocycles. The van der Waals surface area contributed by atoms with E-state index in [1.807, 2.05) is 25.1 Å². The quantitative estimate of drug-likeness (QED) is 0.768. The number of anilines is 1. The van der Waals surface area contributed by atoms with Crippen molar-refractivity contribution in [1.82, 2.24) is 4.90 Å². The van der Waals surface area contributed by atoms with Crippen LogP contribution in [0.15, 0.2) is 18.2 Å². The van der Waals surface area contributed by atoms with Crippen molar-refractivity contribution in [3.05, 3.63) is 29.3 Å². The minimum Gasteiger partial charge on any atom is -0.383 e. The van der Waals surface area contributed by atoms with Gasteiger partial charge in [-0.1, -0.05) is 6.07 Å². The molecule has 0 bridgehead atoms. The van der Waals surface area contributed by atoms with E-state index < -0.39 is 0 Å². The third kappa shape index (κ3) is 5.36. The fraction of sp³-hybridized carbons (Fsp3) is 0.562. The zero-order valence-corrected chi connectivity index (χ0v) is 13.5. The van der Waals surface area contributed by atoms with Crippen LogP contribution in [-0.4, -0.2) is 51.2 Å². The Kier molecular flexibility index (Phi) is 7.19. The summed E-state index contributed by atoms with van der Waals surface area (Å²) in [5, 5.41) is 3.47. The van der Waals surface area contributed by atoms with Crippen LogP contribution in [0.1, 0.15) is 28.8 Å². The number of benzene rings is 1. The summed E-state index contributed by atoms with van der Waals surface area (Å²) in [4.78, 5) is 13.6. The highest BCUT2D eigenvalue weighted by Gasteiger charge is 2.13. The second-order valence-electron chi connectivity index (χ2n) is 5.46. The number of carbonyl (C=O) groups excluding carboxylic acids is 1. The van der Waals surface area contributed by atoms with E-state index in [1.54, 1.807) is 26.1 Å². The van der Waals surface area contributed by atoms with Gasteiger partial charge in [0.15, 0.2) is 0 Å². The van der Waals surface area contributed by atoms with Crippen molar-refractivity contribution in [2.24, 2.45) is 5.73 Å². The number of nitrogens with zero attached hydrogens (tertiary/aromatic N) is 1. The summed E-state index contributed by atoms with van der Waals surface area (Å²) in [5.41, 5.74) is 8.34. The van der Waals surface area contributed by atoms with Crippen molar-refractivity contribution in [2.75, 3.05) is 39.7 Å². The van der Waals surface area contributed by atoms with Crippen molar-refractivity contribution < 1.29 is 9.53 Å². The lowest BCUT2D eigenvalue weighted by Crippen LogP contribution is -2.27. The topological polar surface area (TPSA) is 67.6 Å². The van der Waals surface area contributed by atoms with Crippen LogP contribution in [0.2, 0.25) is 0 Å². The first-order valence-corrected chi connectivity index (χ1v) is 7.27. The molecule has 1 unspecified atom stereocenters. The second kappa shape index (κ2) is 8.64. The van der Waals surface area contributed by atoms with Crippen LogP contribution in [0.25, 0.3) is 0 Å². The SMILES string of the molecule is COCC(CCCN)Nc1cc(C(=O)N(C)C)ccc1C. The van der Waals surface area contributed by atoms with Crippen LogP contribution in [0.5, 0.6) is 0 Å². The van der Waals surface area contributed by atoms with Crippen molar-refractivity contribution >= 4 is 11.6 Å². The van der Waals surface area contributed by atoms with Gasteiger partial charge < -0.3 is 20.7 Å². The molecule has 0 saturated heterocycles. The summed E-state index contributed by atoms with van der Waals surface area (Å²) in [6.45, 7) is 3.31. The molecule has 0 aliphatic carbocycles. The van der Waals surface area contributed by atoms with E-state index in [9.17, 15) is 4.79 Å². The van der Waals surface area contributed by atoms with E-state index >= 15 is 0 Å². The molecule has 0 radical (unpaired) electrons. The lowest BCUT2D eigenvalue weighted by molar-refractivity contribution is 0.0827. The second-order valence-corrected chi connectivity index (χ2v) is 5.46. The summed E-state index contributed by atoms with van der Waals surface area (Å²) in [6, 6.07) is 5.92. The Morgan fingerprint density at radius 1 is 1.43 bits per heavy atom. The van der Waals surface area contributed by atoms with E-state index in [0.717, 1.165) is 24.1 Å². The maximum absolute atomic E-state index is 12.0. The molecule has 5 heteroatoms. The fourth-order valence-electron chi connectivity index (χ4n) is 2.15. The van der Waals surface area contributed by atoms with Crippen LogP contribution in [-0.2, 0) is 4.74 Å². The number of carbonyl (C=O) groups is 1. The molecule has 0 aliphatic heterocycles. The van der Waals surface area contributed by atoms with Crippen LogP contribution in [0, 0.1) is 6.92 Å². The Bertz CT molecular complexity index is 461. The highest BCUT2D eigenvalue weighted by Crippen LogP contribution is 2.20. The van der Waals surface area contributed by atoms with Crippen LogP contribution in [0.4, 0.5) is 5.69 Å². The number of hydrogen-bond acceptors (Lipinski definition) is 4. The Hall–Kier alpha value is -1.59. The molecule has 21 heavy (non-hydrogen) atoms. The first-order chi connectivity index (χ1) is 9.99. The molecule has 1 amide bonds. The third-order valence-corrected chi connectivity index (χ3v) is 3.37. The molecule has 0 fully saturated rings. The number of aryl methyl sites for hydroxylation is 1. The molecule has 0 aromatic heterocycles. The highest BCUT2D eigenvalue weighted by molar-refractivity contribution is 5.95. The van der Waals surface area contributed by atoms with Gasteiger partial charge in [0, 0.05) is 38.5 Å². The Labute approximate surface area is 127 Å². The summed E-state index contributed by atoms with van der Waals surface area (Å²) in [5.74, 6) is 0.00306. The van der Waals surface area contributed by atoms with Crippen molar-refractivity contribution in [3.63, 3.8) is 0 Å². The van der Waals surface area contributed by atoms with Gasteiger partial charge in [0.05, 0.1) is 6.61 Å². The lowest BCUT2D eigenvalue weighted by atomic mass is 10.1. The van der Waals surface area contributed by atoms with Crippen LogP contribution in [0.3, 0.4) is 0 Å². The fourth-order valence-corrected chi connectivity index (χ4v) is 2.15. The summed E-state index contributed by atoms with van der Waals surface area (Å²) in [6.07, 6.45) is 1.88. The summed E-state index contributed by atoms with van der Waals surface area (Å²) >= 11 is 0. The number of methoxy groups -OCH3 is 1. The average molecular weight is 293 g/mol. The molecule has 1 aromatic rings. The van der Waals surface area contributed by atoms with E-state index in [0.29, 0.717) is 18.7 Å². The monoisotopic (exact) mass is 293 g/mol. The minimum atomic E-state index is 0.00306. The average Bonchev–Trinajstić information content (AvgIpc) is 2.46. The van der Waals surface area contributed by atoms with Gasteiger partial charge in [-0.05, 0) is 44.0 Å². The third-order valence-electron chi connectivity index (χ3n) is 3.37. The molecule has 3 N–H and O–H groups in total. The molecule has 1 aromatic carbocycles. The zero-order chi connectivity index (χ0) is 15.8. The standard InChI is InChI=1S/C16H27N3O2/c1-12-7-8-13(16(20)19(2)3)10-15(12)18-14(11-21-4)6-5-9-17/h7-8,10,14,18H,5-6,9,11,17H2,1-4H3. The van der Waals surface area contributed by atoms with E-state index in [-0.39, 0.29) is 11.9 Å². The predicted molar refractivity (Wildman–Crippen MR) is 86.8 cm³/mol. The van der Waals surface area contributed by atoms with Gasteiger partial charge in [-0.25, -0.2) is 0 Å². The van der Waals surface area contributed by atoms with Gasteiger partial charge >= 0.3 is 0 Å². The highest BCUT2D eigenvalue weighted by atomic mass is 16.5. The minimum absolute atomic E-state index is 0.00306. The number of rotatable bonds is 8. The van der Waals surface area contributed by atoms with Crippen molar-refractivity contribution in [3.8, 4) is 0 Å². The summed E-state index contributed by atoms with van der Waals surface area (Å²) < 4.78 is 5.25. The van der Waals surface area contributed by atoms with Crippen LogP contribution >= 0.6 is 0 Å². The van der Waals surface area contributed by atoms with E-state index in [1.165, 1.54) is 0 Å². The number of nitrogens with two attached hydrogens (primary N) is 1. The largest absolute Gasteiger partial charge is 0.383 e. The summed E-state index contributed by atoms with van der Waals surface area (Å²) in [7, 11) is 5.20. The number of amides is 1. The first kappa shape index (κ1) is 17.5. The molecule has 1 atom stereocenters. The van der Waals surface area contributed by atoms with Gasteiger partial charge in [0.2, 0.25) is 0 Å². The van der Waals surface area contributed by atoms with Gasteiger partial charge in [-0.2, -0.15) is 0 Å². The molecule has 118 valence electrons. The number of nitrogens with one attached hydrogen (secondary N) is 1. The Morgan fingerprint density at radius 3 is 2.71 bits per heavy atom. The smallest absolute Gasteiger partial charge is 0.253 e. The molecule has 0 heterocycles. The van der Waals surface area contributed by atoms with Gasteiger partial charge in [-0.3, -0.25) is 4.79 Å². The Morgan fingerprint density at radius 2 is 2.14 bits per heavy atom. The van der Waals surface area contributed by atoms with Gasteiger partial charge in [0.1, 0.15) is 0 Å². The van der Waals surface area contributed by atoms with E-state index in [2.05, 4.69) is 5.32 Å². The van der Waals surface area contributed by atoms with Gasteiger partial charge in [-0.15, -0.1) is 0 Å². The molecule has 1 rings (SSSR count). The molecule has 0 spiro atoms. The molecular formula is C16H27N3O2. The van der Waals surface area contributed by atoms with Crippen LogP contribution < -0.4 is 11.1 Å². The van der Waals surface area contributed by atoms with E-state index in [4.69, 9.17) is 10.5 Å². The molecule has 0 aliphatic rings. The number of hydrogen-bond donors (Lipinski definition) is 2. The number of ether oxygens (including phenoxy) is 1.